The summed E-state index contributed by atoms with van der Waals surface area (Å²) in [7, 11) is 1.38. The zero-order chi connectivity index (χ0) is 14.7. The largest absolute Gasteiger partial charge is 0.494 e. The Morgan fingerprint density at radius 2 is 2.30 bits per heavy atom. The van der Waals surface area contributed by atoms with E-state index in [0.717, 1.165) is 6.42 Å². The van der Waals surface area contributed by atoms with Crippen LogP contribution in [-0.4, -0.2) is 21.9 Å². The van der Waals surface area contributed by atoms with Crippen molar-refractivity contribution >= 4 is 17.4 Å². The van der Waals surface area contributed by atoms with Crippen molar-refractivity contribution in [1.29, 1.82) is 0 Å². The first-order chi connectivity index (χ1) is 9.56. The Bertz CT molecular complexity index is 668. The summed E-state index contributed by atoms with van der Waals surface area (Å²) in [6.07, 6.45) is 0.801. The molecule has 1 heterocycles. The molecule has 0 atom stereocenters. The minimum atomic E-state index is -0.526. The summed E-state index contributed by atoms with van der Waals surface area (Å²) in [6.45, 7) is 2.51. The highest BCUT2D eigenvalue weighted by Crippen LogP contribution is 2.34. The van der Waals surface area contributed by atoms with Crippen LogP contribution in [0.5, 0.6) is 5.75 Å². The number of H-pyrrole nitrogens is 1. The second-order valence-corrected chi connectivity index (χ2v) is 5.10. The first-order valence-electron chi connectivity index (χ1n) is 6.02. The number of nitrogens with two attached hydrogens (primary N) is 1. The monoisotopic (exact) mass is 298 g/mol. The average molecular weight is 298 g/mol. The fourth-order valence-electron chi connectivity index (χ4n) is 1.70. The standard InChI is InChI=1S/C12H15FN4O2S/c1-3-4-17-11(18)15-16-12(17)20-10-6-9(19-2)7(13)5-8(10)14/h5-6H,3-4,14H2,1-2H3,(H,15,18). The second-order valence-electron chi connectivity index (χ2n) is 4.09. The van der Waals surface area contributed by atoms with Crippen molar-refractivity contribution < 1.29 is 9.13 Å². The van der Waals surface area contributed by atoms with Crippen molar-refractivity contribution in [1.82, 2.24) is 14.8 Å². The minimum Gasteiger partial charge on any atom is -0.494 e. The molecule has 0 aliphatic heterocycles. The van der Waals surface area contributed by atoms with E-state index in [2.05, 4.69) is 10.2 Å². The highest BCUT2D eigenvalue weighted by atomic mass is 32.2. The smallest absolute Gasteiger partial charge is 0.343 e. The number of hydrogen-bond acceptors (Lipinski definition) is 5. The van der Waals surface area contributed by atoms with Crippen LogP contribution in [0.4, 0.5) is 10.1 Å². The van der Waals surface area contributed by atoms with Crippen LogP contribution in [0.15, 0.2) is 27.0 Å². The molecule has 20 heavy (non-hydrogen) atoms. The summed E-state index contributed by atoms with van der Waals surface area (Å²) in [5.74, 6) is -0.427. The van der Waals surface area contributed by atoms with Crippen molar-refractivity contribution in [3.63, 3.8) is 0 Å². The molecule has 8 heteroatoms. The number of nitrogens with zero attached hydrogens (tertiary/aromatic N) is 2. The van der Waals surface area contributed by atoms with Crippen LogP contribution in [0.25, 0.3) is 0 Å². The molecule has 0 bridgehead atoms. The van der Waals surface area contributed by atoms with Crippen LogP contribution in [0.2, 0.25) is 0 Å². The van der Waals surface area contributed by atoms with Crippen molar-refractivity contribution in [2.75, 3.05) is 12.8 Å². The van der Waals surface area contributed by atoms with E-state index < -0.39 is 5.82 Å². The van der Waals surface area contributed by atoms with E-state index in [1.54, 1.807) is 0 Å². The maximum Gasteiger partial charge on any atom is 0.343 e. The predicted molar refractivity (Wildman–Crippen MR) is 74.6 cm³/mol. The summed E-state index contributed by atoms with van der Waals surface area (Å²) in [5.41, 5.74) is 5.78. The van der Waals surface area contributed by atoms with Crippen molar-refractivity contribution in [3.8, 4) is 5.75 Å². The molecule has 2 aromatic rings. The fraction of sp³-hybridized carbons (Fsp3) is 0.333. The molecule has 0 unspecified atom stereocenters. The summed E-state index contributed by atoms with van der Waals surface area (Å²) >= 11 is 1.19. The molecule has 108 valence electrons. The van der Waals surface area contributed by atoms with Crippen LogP contribution in [0, 0.1) is 5.82 Å². The van der Waals surface area contributed by atoms with E-state index in [-0.39, 0.29) is 17.1 Å². The van der Waals surface area contributed by atoms with Gasteiger partial charge in [0.2, 0.25) is 0 Å². The van der Waals surface area contributed by atoms with E-state index in [9.17, 15) is 9.18 Å². The molecule has 0 spiro atoms. The molecular weight excluding hydrogens is 283 g/mol. The lowest BCUT2D eigenvalue weighted by atomic mass is 10.3. The number of methoxy groups -OCH3 is 1. The Labute approximate surface area is 119 Å². The van der Waals surface area contributed by atoms with Crippen molar-refractivity contribution in [3.05, 3.63) is 28.4 Å². The Balaban J connectivity index is 2.37. The Kier molecular flexibility index (Phi) is 4.33. The molecule has 6 nitrogen and oxygen atoms in total. The third kappa shape index (κ3) is 2.79. The number of halogens is 1. The van der Waals surface area contributed by atoms with Crippen molar-refractivity contribution in [2.45, 2.75) is 29.9 Å². The number of anilines is 1. The van der Waals surface area contributed by atoms with E-state index in [4.69, 9.17) is 10.5 Å². The van der Waals surface area contributed by atoms with Crippen LogP contribution in [-0.2, 0) is 6.54 Å². The van der Waals surface area contributed by atoms with Gasteiger partial charge in [0, 0.05) is 23.2 Å². The maximum absolute atomic E-state index is 13.5. The number of nitrogen functional groups attached to an aromatic ring is 1. The number of ether oxygens (including phenoxy) is 1. The SMILES string of the molecule is CCCn1c(Sc2cc(OC)c(F)cc2N)n[nH]c1=O. The fourth-order valence-corrected chi connectivity index (χ4v) is 2.61. The van der Waals surface area contributed by atoms with E-state index >= 15 is 0 Å². The Morgan fingerprint density at radius 1 is 1.55 bits per heavy atom. The molecule has 0 aliphatic rings. The van der Waals surface area contributed by atoms with E-state index in [1.807, 2.05) is 6.92 Å². The molecule has 0 radical (unpaired) electrons. The van der Waals surface area contributed by atoms with Gasteiger partial charge in [-0.25, -0.2) is 14.3 Å². The summed E-state index contributed by atoms with van der Waals surface area (Å²) in [5, 5.41) is 6.82. The van der Waals surface area contributed by atoms with Gasteiger partial charge in [0.1, 0.15) is 0 Å². The van der Waals surface area contributed by atoms with Gasteiger partial charge in [-0.2, -0.15) is 0 Å². The predicted octanol–water partition coefficient (Wildman–Crippen LogP) is 1.86. The molecule has 0 saturated heterocycles. The number of rotatable bonds is 5. The summed E-state index contributed by atoms with van der Waals surface area (Å²) in [4.78, 5) is 12.2. The first-order valence-corrected chi connectivity index (χ1v) is 6.84. The van der Waals surface area contributed by atoms with E-state index in [1.165, 1.54) is 35.6 Å². The third-order valence-electron chi connectivity index (χ3n) is 2.66. The highest BCUT2D eigenvalue weighted by molar-refractivity contribution is 7.99. The topological polar surface area (TPSA) is 85.9 Å². The summed E-state index contributed by atoms with van der Waals surface area (Å²) in [6, 6.07) is 2.68. The van der Waals surface area contributed by atoms with Gasteiger partial charge in [0.05, 0.1) is 7.11 Å². The summed E-state index contributed by atoms with van der Waals surface area (Å²) < 4.78 is 19.9. The quantitative estimate of drug-likeness (QED) is 0.823. The van der Waals surface area contributed by atoms with E-state index in [0.29, 0.717) is 16.6 Å². The van der Waals surface area contributed by atoms with Gasteiger partial charge in [0.25, 0.3) is 0 Å². The molecule has 2 rings (SSSR count). The molecule has 0 aliphatic carbocycles. The molecular formula is C12H15FN4O2S. The number of aromatic amines is 1. The minimum absolute atomic E-state index is 0.0987. The molecule has 3 N–H and O–H groups in total. The zero-order valence-electron chi connectivity index (χ0n) is 11.1. The van der Waals surface area contributed by atoms with Crippen LogP contribution >= 0.6 is 11.8 Å². The van der Waals surface area contributed by atoms with Crippen LogP contribution in [0.1, 0.15) is 13.3 Å². The molecule has 0 amide bonds. The number of nitrogens with one attached hydrogen (secondary N) is 1. The number of benzene rings is 1. The maximum atomic E-state index is 13.5. The normalized spacial score (nSPS) is 10.8. The Morgan fingerprint density at radius 3 is 2.95 bits per heavy atom. The van der Waals surface area contributed by atoms with Crippen LogP contribution < -0.4 is 16.2 Å². The van der Waals surface area contributed by atoms with Gasteiger partial charge >= 0.3 is 5.69 Å². The van der Waals surface area contributed by atoms with Gasteiger partial charge in [-0.3, -0.25) is 4.57 Å². The average Bonchev–Trinajstić information content (AvgIpc) is 2.75. The Hall–Kier alpha value is -1.96. The first kappa shape index (κ1) is 14.4. The second kappa shape index (κ2) is 6.00. The van der Waals surface area contributed by atoms with Gasteiger partial charge in [-0.1, -0.05) is 6.92 Å². The third-order valence-corrected chi connectivity index (χ3v) is 3.72. The lowest BCUT2D eigenvalue weighted by molar-refractivity contribution is 0.385. The lowest BCUT2D eigenvalue weighted by Gasteiger charge is -2.09. The molecule has 0 fully saturated rings. The number of aromatic nitrogens is 3. The van der Waals surface area contributed by atoms with Gasteiger partial charge in [0.15, 0.2) is 16.7 Å². The van der Waals surface area contributed by atoms with Gasteiger partial charge < -0.3 is 10.5 Å². The zero-order valence-corrected chi connectivity index (χ0v) is 12.0. The lowest BCUT2D eigenvalue weighted by Crippen LogP contribution is -2.17. The van der Waals surface area contributed by atoms with Crippen LogP contribution in [0.3, 0.4) is 0 Å². The molecule has 1 aromatic carbocycles. The van der Waals surface area contributed by atoms with Gasteiger partial charge in [-0.15, -0.1) is 5.10 Å². The molecule has 1 aromatic heterocycles. The molecule has 0 saturated carbocycles. The van der Waals surface area contributed by atoms with Crippen molar-refractivity contribution in [2.24, 2.45) is 0 Å². The van der Waals surface area contributed by atoms with Gasteiger partial charge in [-0.05, 0) is 24.2 Å². The number of hydrogen-bond donors (Lipinski definition) is 2. The highest BCUT2D eigenvalue weighted by Gasteiger charge is 2.14.